The Balaban J connectivity index is 2.04. The molecule has 1 fully saturated rings. The molecule has 3 amide bonds. The molecule has 106 valence electrons. The second-order valence-corrected chi connectivity index (χ2v) is 5.94. The molecule has 0 spiro atoms. The average Bonchev–Trinajstić information content (AvgIpc) is 2.41. The lowest BCUT2D eigenvalue weighted by molar-refractivity contribution is -0.154. The van der Waals surface area contributed by atoms with Crippen LogP contribution in [-0.4, -0.2) is 45.4 Å². The summed E-state index contributed by atoms with van der Waals surface area (Å²) in [6, 6.07) is 3.61. The first-order chi connectivity index (χ1) is 9.41. The van der Waals surface area contributed by atoms with Crippen LogP contribution in [0.15, 0.2) is 29.4 Å². The number of hydrogen-bond acceptors (Lipinski definition) is 5. The molecule has 0 saturated carbocycles. The van der Waals surface area contributed by atoms with Crippen LogP contribution in [-0.2, 0) is 14.4 Å². The molecule has 7 heteroatoms. The van der Waals surface area contributed by atoms with Crippen molar-refractivity contribution in [1.82, 2.24) is 15.2 Å². The number of imide groups is 1. The van der Waals surface area contributed by atoms with Crippen molar-refractivity contribution in [2.75, 3.05) is 12.3 Å². The SMILES string of the molecule is CC1(C)C(=O)NC(=O)CN1C(=O)CSc1ccncc1. The summed E-state index contributed by atoms with van der Waals surface area (Å²) in [6.07, 6.45) is 3.29. The van der Waals surface area contributed by atoms with E-state index >= 15 is 0 Å². The van der Waals surface area contributed by atoms with E-state index in [0.29, 0.717) is 0 Å². The van der Waals surface area contributed by atoms with Gasteiger partial charge in [0.05, 0.1) is 5.75 Å². The summed E-state index contributed by atoms with van der Waals surface area (Å²) in [5.41, 5.74) is -1.01. The first-order valence-corrected chi connectivity index (χ1v) is 7.07. The van der Waals surface area contributed by atoms with E-state index in [9.17, 15) is 14.4 Å². The van der Waals surface area contributed by atoms with Gasteiger partial charge in [0.15, 0.2) is 0 Å². The zero-order chi connectivity index (χ0) is 14.8. The van der Waals surface area contributed by atoms with Gasteiger partial charge in [-0.25, -0.2) is 0 Å². The molecule has 1 aliphatic rings. The number of hydrogen-bond donors (Lipinski definition) is 1. The van der Waals surface area contributed by atoms with Crippen LogP contribution in [0.2, 0.25) is 0 Å². The molecule has 6 nitrogen and oxygen atoms in total. The van der Waals surface area contributed by atoms with Crippen molar-refractivity contribution in [1.29, 1.82) is 0 Å². The minimum absolute atomic E-state index is 0.0888. The Morgan fingerprint density at radius 3 is 2.70 bits per heavy atom. The van der Waals surface area contributed by atoms with Crippen LogP contribution in [0.4, 0.5) is 0 Å². The highest BCUT2D eigenvalue weighted by Gasteiger charge is 2.43. The molecule has 0 radical (unpaired) electrons. The summed E-state index contributed by atoms with van der Waals surface area (Å²) in [5.74, 6) is -0.957. The van der Waals surface area contributed by atoms with Crippen LogP contribution in [0.5, 0.6) is 0 Å². The monoisotopic (exact) mass is 293 g/mol. The van der Waals surface area contributed by atoms with Gasteiger partial charge in [-0.1, -0.05) is 0 Å². The smallest absolute Gasteiger partial charge is 0.252 e. The van der Waals surface area contributed by atoms with Crippen molar-refractivity contribution >= 4 is 29.5 Å². The van der Waals surface area contributed by atoms with Crippen molar-refractivity contribution in [3.63, 3.8) is 0 Å². The lowest BCUT2D eigenvalue weighted by atomic mass is 9.99. The lowest BCUT2D eigenvalue weighted by Gasteiger charge is -2.40. The van der Waals surface area contributed by atoms with Gasteiger partial charge >= 0.3 is 0 Å². The van der Waals surface area contributed by atoms with E-state index in [4.69, 9.17) is 0 Å². The molecule has 20 heavy (non-hydrogen) atoms. The van der Waals surface area contributed by atoms with Crippen LogP contribution >= 0.6 is 11.8 Å². The van der Waals surface area contributed by atoms with Gasteiger partial charge in [-0.15, -0.1) is 11.8 Å². The standard InChI is InChI=1S/C13H15N3O3S/c1-13(2)12(19)15-10(17)7-16(13)11(18)8-20-9-3-5-14-6-4-9/h3-6H,7-8H2,1-2H3,(H,15,17,19). The van der Waals surface area contributed by atoms with Gasteiger partial charge in [-0.3, -0.25) is 24.7 Å². The Bertz CT molecular complexity index is 545. The second kappa shape index (κ2) is 5.62. The number of rotatable bonds is 3. The predicted molar refractivity (Wildman–Crippen MR) is 73.9 cm³/mol. The molecular weight excluding hydrogens is 278 g/mol. The molecule has 0 aliphatic carbocycles. The molecule has 0 aromatic carbocycles. The van der Waals surface area contributed by atoms with E-state index < -0.39 is 17.4 Å². The Hall–Kier alpha value is -1.89. The lowest BCUT2D eigenvalue weighted by Crippen LogP contribution is -2.65. The van der Waals surface area contributed by atoms with E-state index in [1.165, 1.54) is 16.7 Å². The Morgan fingerprint density at radius 1 is 1.40 bits per heavy atom. The molecule has 2 rings (SSSR count). The minimum atomic E-state index is -1.01. The van der Waals surface area contributed by atoms with Crippen molar-refractivity contribution in [3.8, 4) is 0 Å². The number of thioether (sulfide) groups is 1. The van der Waals surface area contributed by atoms with Crippen molar-refractivity contribution in [3.05, 3.63) is 24.5 Å². The summed E-state index contributed by atoms with van der Waals surface area (Å²) >= 11 is 1.35. The maximum atomic E-state index is 12.2. The highest BCUT2D eigenvalue weighted by molar-refractivity contribution is 8.00. The van der Waals surface area contributed by atoms with E-state index in [2.05, 4.69) is 10.3 Å². The Morgan fingerprint density at radius 2 is 2.05 bits per heavy atom. The third kappa shape index (κ3) is 2.98. The zero-order valence-electron chi connectivity index (χ0n) is 11.3. The van der Waals surface area contributed by atoms with E-state index in [1.807, 2.05) is 0 Å². The van der Waals surface area contributed by atoms with Crippen molar-refractivity contribution < 1.29 is 14.4 Å². The van der Waals surface area contributed by atoms with Gasteiger partial charge in [-0.2, -0.15) is 0 Å². The van der Waals surface area contributed by atoms with Crippen molar-refractivity contribution in [2.24, 2.45) is 0 Å². The fourth-order valence-corrected chi connectivity index (χ4v) is 2.60. The number of piperazine rings is 1. The normalized spacial score (nSPS) is 17.8. The van der Waals surface area contributed by atoms with Crippen LogP contribution in [0.3, 0.4) is 0 Å². The fraction of sp³-hybridized carbons (Fsp3) is 0.385. The number of nitrogens with one attached hydrogen (secondary N) is 1. The summed E-state index contributed by atoms with van der Waals surface area (Å²) in [4.78, 5) is 41.6. The number of carbonyl (C=O) groups is 3. The molecule has 1 aliphatic heterocycles. The van der Waals surface area contributed by atoms with Crippen LogP contribution in [0.25, 0.3) is 0 Å². The molecule has 1 aromatic heterocycles. The third-order valence-electron chi connectivity index (χ3n) is 3.10. The minimum Gasteiger partial charge on any atom is -0.318 e. The average molecular weight is 293 g/mol. The molecule has 0 atom stereocenters. The topological polar surface area (TPSA) is 79.4 Å². The first-order valence-electron chi connectivity index (χ1n) is 6.09. The van der Waals surface area contributed by atoms with Crippen LogP contribution in [0, 0.1) is 0 Å². The van der Waals surface area contributed by atoms with Gasteiger partial charge < -0.3 is 4.90 Å². The van der Waals surface area contributed by atoms with Gasteiger partial charge in [-0.05, 0) is 26.0 Å². The summed E-state index contributed by atoms with van der Waals surface area (Å²) in [5, 5.41) is 2.24. The molecule has 1 saturated heterocycles. The van der Waals surface area contributed by atoms with Gasteiger partial charge in [0.2, 0.25) is 11.8 Å². The van der Waals surface area contributed by atoms with E-state index in [-0.39, 0.29) is 18.2 Å². The van der Waals surface area contributed by atoms with Crippen LogP contribution < -0.4 is 5.32 Å². The number of carbonyl (C=O) groups excluding carboxylic acids is 3. The first kappa shape index (κ1) is 14.5. The number of amides is 3. The second-order valence-electron chi connectivity index (χ2n) is 4.89. The highest BCUT2D eigenvalue weighted by atomic mass is 32.2. The molecule has 0 unspecified atom stereocenters. The fourth-order valence-electron chi connectivity index (χ4n) is 1.84. The van der Waals surface area contributed by atoms with Crippen molar-refractivity contribution in [2.45, 2.75) is 24.3 Å². The van der Waals surface area contributed by atoms with Gasteiger partial charge in [0, 0.05) is 17.3 Å². The summed E-state index contributed by atoms with van der Waals surface area (Å²) in [6.45, 7) is 3.17. The largest absolute Gasteiger partial charge is 0.318 e. The molecule has 1 aromatic rings. The van der Waals surface area contributed by atoms with E-state index in [1.54, 1.807) is 38.4 Å². The third-order valence-corrected chi connectivity index (χ3v) is 4.10. The molecule has 0 bridgehead atoms. The quantitative estimate of drug-likeness (QED) is 0.646. The molecule has 2 heterocycles. The number of pyridine rings is 1. The Labute approximate surface area is 120 Å². The summed E-state index contributed by atoms with van der Waals surface area (Å²) in [7, 11) is 0. The number of nitrogens with zero attached hydrogens (tertiary/aromatic N) is 2. The Kier molecular flexibility index (Phi) is 4.08. The maximum Gasteiger partial charge on any atom is 0.252 e. The number of aromatic nitrogens is 1. The molecular formula is C13H15N3O3S. The zero-order valence-corrected chi connectivity index (χ0v) is 12.1. The maximum absolute atomic E-state index is 12.2. The van der Waals surface area contributed by atoms with Gasteiger partial charge in [0.1, 0.15) is 12.1 Å². The molecule has 1 N–H and O–H groups in total. The van der Waals surface area contributed by atoms with Gasteiger partial charge in [0.25, 0.3) is 5.91 Å². The highest BCUT2D eigenvalue weighted by Crippen LogP contribution is 2.22. The predicted octanol–water partition coefficient (Wildman–Crippen LogP) is 0.437. The summed E-state index contributed by atoms with van der Waals surface area (Å²) < 4.78 is 0. The van der Waals surface area contributed by atoms with E-state index in [0.717, 1.165) is 4.90 Å². The van der Waals surface area contributed by atoms with Crippen LogP contribution in [0.1, 0.15) is 13.8 Å².